The van der Waals surface area contributed by atoms with Gasteiger partial charge in [-0.2, -0.15) is 0 Å². The van der Waals surface area contributed by atoms with Gasteiger partial charge < -0.3 is 4.42 Å². The highest BCUT2D eigenvalue weighted by atomic mass is 16.3. The molecular weight excluding hydrogens is 753 g/mol. The van der Waals surface area contributed by atoms with Crippen molar-refractivity contribution >= 4 is 49.6 Å². The molecule has 0 saturated heterocycles. The van der Waals surface area contributed by atoms with Gasteiger partial charge in [0.05, 0.1) is 11.4 Å². The fourth-order valence-electron chi connectivity index (χ4n) is 8.83. The van der Waals surface area contributed by atoms with E-state index in [4.69, 9.17) is 14.4 Å². The maximum Gasteiger partial charge on any atom is 0.160 e. The van der Waals surface area contributed by atoms with Crippen LogP contribution in [0.25, 0.3) is 117 Å². The molecule has 11 rings (SSSR count). The lowest BCUT2D eigenvalue weighted by Gasteiger charge is -2.14. The summed E-state index contributed by atoms with van der Waals surface area (Å²) >= 11 is 0. The van der Waals surface area contributed by atoms with Crippen LogP contribution in [-0.4, -0.2) is 9.97 Å². The average Bonchev–Trinajstić information content (AvgIpc) is 3.72. The van der Waals surface area contributed by atoms with Gasteiger partial charge in [0, 0.05) is 27.5 Å². The first-order valence-corrected chi connectivity index (χ1v) is 21.0. The van der Waals surface area contributed by atoms with Crippen molar-refractivity contribution in [3.05, 3.63) is 224 Å². The van der Waals surface area contributed by atoms with Crippen molar-refractivity contribution in [2.45, 2.75) is 6.92 Å². The van der Waals surface area contributed by atoms with Gasteiger partial charge in [0.1, 0.15) is 11.2 Å². The van der Waals surface area contributed by atoms with Gasteiger partial charge in [-0.05, 0) is 103 Å². The zero-order valence-electron chi connectivity index (χ0n) is 34.2. The summed E-state index contributed by atoms with van der Waals surface area (Å²) in [6.07, 6.45) is 6.02. The second-order valence-corrected chi connectivity index (χ2v) is 15.8. The van der Waals surface area contributed by atoms with E-state index < -0.39 is 0 Å². The molecule has 0 spiro atoms. The number of benzene rings is 9. The molecule has 0 aliphatic rings. The van der Waals surface area contributed by atoms with E-state index in [0.717, 1.165) is 66.7 Å². The summed E-state index contributed by atoms with van der Waals surface area (Å²) in [4.78, 5) is 10.3. The number of hydrogen-bond acceptors (Lipinski definition) is 3. The van der Waals surface area contributed by atoms with Gasteiger partial charge >= 0.3 is 0 Å². The Morgan fingerprint density at radius 2 is 0.855 bits per heavy atom. The summed E-state index contributed by atoms with van der Waals surface area (Å²) in [5.74, 6) is 0.689. The van der Waals surface area contributed by atoms with Crippen LogP contribution in [0.4, 0.5) is 0 Å². The Bertz CT molecular complexity index is 3510. The van der Waals surface area contributed by atoms with E-state index in [2.05, 4.69) is 196 Å². The van der Waals surface area contributed by atoms with Gasteiger partial charge in [-0.3, -0.25) is 0 Å². The third-order valence-electron chi connectivity index (χ3n) is 12.1. The lowest BCUT2D eigenvalue weighted by Crippen LogP contribution is -1.96. The van der Waals surface area contributed by atoms with E-state index in [0.29, 0.717) is 5.82 Å². The van der Waals surface area contributed by atoms with Crippen molar-refractivity contribution in [3.63, 3.8) is 0 Å². The molecule has 2 aromatic heterocycles. The van der Waals surface area contributed by atoms with Crippen molar-refractivity contribution < 1.29 is 4.42 Å². The predicted molar refractivity (Wildman–Crippen MR) is 261 cm³/mol. The molecule has 3 nitrogen and oxygen atoms in total. The predicted octanol–water partition coefficient (Wildman–Crippen LogP) is 16.2. The molecule has 0 radical (unpaired) electrons. The van der Waals surface area contributed by atoms with E-state index >= 15 is 0 Å². The molecule has 0 bridgehead atoms. The fraction of sp³-hybridized carbons (Fsp3) is 0.0169. The summed E-state index contributed by atoms with van der Waals surface area (Å²) in [5.41, 5.74) is 16.0. The van der Waals surface area contributed by atoms with Crippen LogP contribution in [0.2, 0.25) is 0 Å². The number of fused-ring (bicyclic) bond motifs is 6. The number of aromatic nitrogens is 2. The van der Waals surface area contributed by atoms with Crippen LogP contribution in [-0.2, 0) is 0 Å². The molecule has 0 unspecified atom stereocenters. The van der Waals surface area contributed by atoms with Crippen LogP contribution >= 0.6 is 0 Å². The van der Waals surface area contributed by atoms with Crippen LogP contribution in [0, 0.1) is 6.92 Å². The number of allylic oxidation sites excluding steroid dienone is 2. The van der Waals surface area contributed by atoms with Crippen LogP contribution in [0.3, 0.4) is 0 Å². The van der Waals surface area contributed by atoms with Crippen molar-refractivity contribution in [1.82, 2.24) is 9.97 Å². The minimum absolute atomic E-state index is 0.689. The second kappa shape index (κ2) is 15.5. The maximum atomic E-state index is 6.06. The molecule has 0 fully saturated rings. The molecular formula is C59H40N2O. The lowest BCUT2D eigenvalue weighted by atomic mass is 9.90. The monoisotopic (exact) mass is 792 g/mol. The molecule has 0 aliphatic heterocycles. The van der Waals surface area contributed by atoms with Crippen LogP contribution in [0.5, 0.6) is 0 Å². The Morgan fingerprint density at radius 3 is 1.52 bits per heavy atom. The molecule has 0 atom stereocenters. The van der Waals surface area contributed by atoms with Crippen LogP contribution in [0.15, 0.2) is 217 Å². The molecule has 62 heavy (non-hydrogen) atoms. The normalized spacial score (nSPS) is 11.6. The second-order valence-electron chi connectivity index (χ2n) is 15.8. The first-order chi connectivity index (χ1) is 30.6. The fourth-order valence-corrected chi connectivity index (χ4v) is 8.83. The highest BCUT2D eigenvalue weighted by Gasteiger charge is 2.14. The lowest BCUT2D eigenvalue weighted by molar-refractivity contribution is 0.669. The van der Waals surface area contributed by atoms with Crippen molar-refractivity contribution in [2.24, 2.45) is 0 Å². The van der Waals surface area contributed by atoms with E-state index in [9.17, 15) is 0 Å². The number of rotatable bonds is 8. The van der Waals surface area contributed by atoms with Gasteiger partial charge in [-0.15, -0.1) is 0 Å². The molecule has 0 saturated carbocycles. The number of para-hydroxylation sites is 1. The summed E-state index contributed by atoms with van der Waals surface area (Å²) in [6, 6.07) is 68.7. The van der Waals surface area contributed by atoms with Gasteiger partial charge in [-0.1, -0.05) is 189 Å². The third-order valence-corrected chi connectivity index (χ3v) is 12.1. The van der Waals surface area contributed by atoms with E-state index in [1.165, 1.54) is 49.4 Å². The Balaban J connectivity index is 0.900. The van der Waals surface area contributed by atoms with Crippen LogP contribution < -0.4 is 0 Å². The molecule has 0 amide bonds. The molecule has 9 aromatic carbocycles. The summed E-state index contributed by atoms with van der Waals surface area (Å²) in [7, 11) is 0. The zero-order valence-corrected chi connectivity index (χ0v) is 34.2. The van der Waals surface area contributed by atoms with Crippen LogP contribution in [0.1, 0.15) is 11.1 Å². The van der Waals surface area contributed by atoms with Gasteiger partial charge in [-0.25, -0.2) is 9.97 Å². The maximum absolute atomic E-state index is 6.06. The Labute approximate surface area is 360 Å². The molecule has 0 aliphatic carbocycles. The first-order valence-electron chi connectivity index (χ1n) is 21.0. The largest absolute Gasteiger partial charge is 0.456 e. The Kier molecular flexibility index (Phi) is 9.21. The molecule has 3 heteroatoms. The topological polar surface area (TPSA) is 38.9 Å². The van der Waals surface area contributed by atoms with Crippen molar-refractivity contribution in [2.75, 3.05) is 0 Å². The number of hydrogen-bond donors (Lipinski definition) is 0. The van der Waals surface area contributed by atoms with E-state index in [1.807, 2.05) is 30.4 Å². The minimum atomic E-state index is 0.689. The number of aryl methyl sites for hydroxylation is 1. The number of nitrogens with zero attached hydrogens (tertiary/aromatic N) is 2. The molecule has 292 valence electrons. The highest BCUT2D eigenvalue weighted by molar-refractivity contribution is 6.13. The third kappa shape index (κ3) is 6.67. The Hall–Kier alpha value is -8.14. The van der Waals surface area contributed by atoms with Crippen molar-refractivity contribution in [3.8, 4) is 67.3 Å². The summed E-state index contributed by atoms with van der Waals surface area (Å²) in [6.45, 7) is 6.12. The van der Waals surface area contributed by atoms with Gasteiger partial charge in [0.25, 0.3) is 0 Å². The highest BCUT2D eigenvalue weighted by Crippen LogP contribution is 2.38. The average molecular weight is 793 g/mol. The summed E-state index contributed by atoms with van der Waals surface area (Å²) < 4.78 is 6.06. The minimum Gasteiger partial charge on any atom is -0.456 e. The standard InChI is InChI=1S/C59H40N2O/c1-3-4-14-48-38(2)53-35-46(31-33-51(53)50-16-9-8-15-49(48)50)42-25-29-45(30-26-42)59-60-55(43-12-6-5-7-13-43)37-56(61-59)44-27-23-40(24-28-44)39-19-21-41(22-20-39)47-32-34-58-54(36-47)52-17-10-11-18-57(52)62-58/h3-37H,1H2,2H3/b14-4-. The quantitative estimate of drug-likeness (QED) is 0.114. The van der Waals surface area contributed by atoms with Crippen molar-refractivity contribution in [1.29, 1.82) is 0 Å². The molecule has 0 N–H and O–H groups in total. The Morgan fingerprint density at radius 1 is 0.387 bits per heavy atom. The number of furan rings is 1. The molecule has 11 aromatic rings. The van der Waals surface area contributed by atoms with E-state index in [-0.39, 0.29) is 0 Å². The smallest absolute Gasteiger partial charge is 0.160 e. The zero-order chi connectivity index (χ0) is 41.6. The summed E-state index contributed by atoms with van der Waals surface area (Å²) in [5, 5.41) is 7.28. The first kappa shape index (κ1) is 36.9. The van der Waals surface area contributed by atoms with Gasteiger partial charge in [0.2, 0.25) is 0 Å². The SMILES string of the molecule is C=C/C=C\c1c(C)c2cc(-c3ccc(-c4nc(-c5ccccc5)cc(-c5ccc(-c6ccc(-c7ccc8oc9ccccc9c8c7)cc6)cc5)n4)cc3)ccc2c2ccccc12. The van der Waals surface area contributed by atoms with E-state index in [1.54, 1.807) is 0 Å². The molecule has 2 heterocycles. The van der Waals surface area contributed by atoms with Gasteiger partial charge in [0.15, 0.2) is 5.82 Å².